The topological polar surface area (TPSA) is 64.9 Å². The Morgan fingerprint density at radius 2 is 2.10 bits per heavy atom. The van der Waals surface area contributed by atoms with E-state index in [4.69, 9.17) is 10.2 Å². The van der Waals surface area contributed by atoms with E-state index >= 15 is 0 Å². The van der Waals surface area contributed by atoms with Crippen LogP contribution in [0.5, 0.6) is 0 Å². The molecule has 0 fully saturated rings. The molecular weight excluding hydrogens is 302 g/mol. The van der Waals surface area contributed by atoms with E-state index in [9.17, 15) is 0 Å². The predicted molar refractivity (Wildman–Crippen MR) is 88.8 cm³/mol. The number of hydrogen-bond donors (Lipinski definition) is 1. The summed E-state index contributed by atoms with van der Waals surface area (Å²) in [5.74, 6) is 0.767. The van der Waals surface area contributed by atoms with Crippen LogP contribution in [-0.4, -0.2) is 9.97 Å². The first-order valence-corrected chi connectivity index (χ1v) is 8.52. The number of hydrogen-bond acceptors (Lipinski definition) is 6. The molecule has 0 atom stereocenters. The fourth-order valence-corrected chi connectivity index (χ4v) is 3.70. The SMILES string of the molecule is CC(C)(C)c1csc(CSc2nc3ccc(N)cc3o2)n1. The van der Waals surface area contributed by atoms with Crippen molar-refractivity contribution in [3.63, 3.8) is 0 Å². The lowest BCUT2D eigenvalue weighted by Crippen LogP contribution is -2.11. The van der Waals surface area contributed by atoms with E-state index in [2.05, 4.69) is 36.1 Å². The highest BCUT2D eigenvalue weighted by atomic mass is 32.2. The Bertz CT molecular complexity index is 771. The largest absolute Gasteiger partial charge is 0.431 e. The number of benzene rings is 1. The van der Waals surface area contributed by atoms with Crippen molar-refractivity contribution in [1.82, 2.24) is 9.97 Å². The van der Waals surface area contributed by atoms with Crippen molar-refractivity contribution in [2.75, 3.05) is 5.73 Å². The van der Waals surface area contributed by atoms with E-state index in [1.807, 2.05) is 12.1 Å². The van der Waals surface area contributed by atoms with E-state index in [1.54, 1.807) is 29.2 Å². The molecule has 2 aromatic heterocycles. The van der Waals surface area contributed by atoms with Crippen LogP contribution in [0.2, 0.25) is 0 Å². The number of thiazole rings is 1. The average molecular weight is 319 g/mol. The van der Waals surface area contributed by atoms with Crippen LogP contribution < -0.4 is 5.73 Å². The summed E-state index contributed by atoms with van der Waals surface area (Å²) >= 11 is 3.24. The minimum absolute atomic E-state index is 0.0918. The standard InChI is InChI=1S/C15H17N3OS2/c1-15(2,3)12-7-20-13(18-12)8-21-14-17-10-5-4-9(16)6-11(10)19-14/h4-7H,8,16H2,1-3H3. The first-order chi connectivity index (χ1) is 9.91. The van der Waals surface area contributed by atoms with Gasteiger partial charge < -0.3 is 10.2 Å². The summed E-state index contributed by atoms with van der Waals surface area (Å²) in [5.41, 5.74) is 9.21. The van der Waals surface area contributed by atoms with Gasteiger partial charge in [-0.1, -0.05) is 32.5 Å². The van der Waals surface area contributed by atoms with Gasteiger partial charge >= 0.3 is 0 Å². The van der Waals surface area contributed by atoms with E-state index in [-0.39, 0.29) is 5.41 Å². The highest BCUT2D eigenvalue weighted by Crippen LogP contribution is 2.30. The summed E-state index contributed by atoms with van der Waals surface area (Å²) in [6.45, 7) is 6.51. The Morgan fingerprint density at radius 3 is 2.81 bits per heavy atom. The van der Waals surface area contributed by atoms with Crippen molar-refractivity contribution in [2.24, 2.45) is 0 Å². The lowest BCUT2D eigenvalue weighted by Gasteiger charge is -2.14. The van der Waals surface area contributed by atoms with Gasteiger partial charge in [0, 0.05) is 22.5 Å². The second-order valence-electron chi connectivity index (χ2n) is 5.87. The molecule has 0 aliphatic carbocycles. The molecule has 0 aliphatic heterocycles. The molecule has 0 aliphatic rings. The maximum atomic E-state index is 5.74. The second-order valence-corrected chi connectivity index (χ2v) is 7.74. The molecule has 0 saturated heterocycles. The van der Waals surface area contributed by atoms with Crippen LogP contribution in [0.4, 0.5) is 5.69 Å². The van der Waals surface area contributed by atoms with Gasteiger partial charge in [0.1, 0.15) is 10.5 Å². The van der Waals surface area contributed by atoms with Crippen molar-refractivity contribution in [1.29, 1.82) is 0 Å². The summed E-state index contributed by atoms with van der Waals surface area (Å²) in [6.07, 6.45) is 0. The number of oxazole rings is 1. The van der Waals surface area contributed by atoms with Gasteiger partial charge in [0.2, 0.25) is 0 Å². The van der Waals surface area contributed by atoms with Crippen LogP contribution in [0, 0.1) is 0 Å². The first-order valence-electron chi connectivity index (χ1n) is 6.65. The Morgan fingerprint density at radius 1 is 1.29 bits per heavy atom. The molecule has 4 nitrogen and oxygen atoms in total. The molecule has 2 heterocycles. The van der Waals surface area contributed by atoms with Gasteiger partial charge in [-0.05, 0) is 12.1 Å². The zero-order valence-electron chi connectivity index (χ0n) is 12.2. The van der Waals surface area contributed by atoms with Crippen LogP contribution in [0.25, 0.3) is 11.1 Å². The number of thioether (sulfide) groups is 1. The molecule has 0 saturated carbocycles. The number of aromatic nitrogens is 2. The molecule has 0 spiro atoms. The first kappa shape index (κ1) is 14.4. The molecule has 0 unspecified atom stereocenters. The second kappa shape index (κ2) is 5.35. The lowest BCUT2D eigenvalue weighted by molar-refractivity contribution is 0.489. The van der Waals surface area contributed by atoms with E-state index in [0.29, 0.717) is 10.9 Å². The van der Waals surface area contributed by atoms with Gasteiger partial charge in [-0.3, -0.25) is 0 Å². The summed E-state index contributed by atoms with van der Waals surface area (Å²) in [4.78, 5) is 9.11. The molecule has 3 aromatic rings. The Balaban J connectivity index is 1.73. The maximum absolute atomic E-state index is 5.74. The van der Waals surface area contributed by atoms with Crippen LogP contribution in [0.1, 0.15) is 31.5 Å². The average Bonchev–Trinajstić information content (AvgIpc) is 3.01. The predicted octanol–water partition coefficient (Wildman–Crippen LogP) is 4.46. The van der Waals surface area contributed by atoms with E-state index < -0.39 is 0 Å². The third-order valence-corrected chi connectivity index (χ3v) is 4.90. The number of nitrogen functional groups attached to an aromatic ring is 1. The van der Waals surface area contributed by atoms with Gasteiger partial charge in [-0.25, -0.2) is 9.97 Å². The number of anilines is 1. The summed E-state index contributed by atoms with van der Waals surface area (Å²) in [6, 6.07) is 5.50. The minimum atomic E-state index is 0.0918. The Labute approximate surface area is 131 Å². The van der Waals surface area contributed by atoms with Crippen molar-refractivity contribution in [2.45, 2.75) is 37.2 Å². The van der Waals surface area contributed by atoms with Gasteiger partial charge in [-0.2, -0.15) is 0 Å². The third-order valence-electron chi connectivity index (χ3n) is 3.03. The molecule has 21 heavy (non-hydrogen) atoms. The molecule has 110 valence electrons. The number of fused-ring (bicyclic) bond motifs is 1. The van der Waals surface area contributed by atoms with Crippen molar-refractivity contribution in [3.05, 3.63) is 34.3 Å². The van der Waals surface area contributed by atoms with Crippen LogP contribution in [0.15, 0.2) is 33.2 Å². The fourth-order valence-electron chi connectivity index (χ4n) is 1.83. The summed E-state index contributed by atoms with van der Waals surface area (Å²) in [7, 11) is 0. The van der Waals surface area contributed by atoms with Gasteiger partial charge in [0.15, 0.2) is 5.58 Å². The molecular formula is C15H17N3OS2. The Kier molecular flexibility index (Phi) is 3.67. The smallest absolute Gasteiger partial charge is 0.257 e. The van der Waals surface area contributed by atoms with Crippen LogP contribution in [-0.2, 0) is 11.2 Å². The van der Waals surface area contributed by atoms with Gasteiger partial charge in [0.05, 0.1) is 11.4 Å². The molecule has 1 aromatic carbocycles. The molecule has 3 rings (SSSR count). The third kappa shape index (κ3) is 3.22. The fraction of sp³-hybridized carbons (Fsp3) is 0.333. The Hall–Kier alpha value is -1.53. The van der Waals surface area contributed by atoms with E-state index in [1.165, 1.54) is 0 Å². The van der Waals surface area contributed by atoms with Crippen molar-refractivity contribution < 1.29 is 4.42 Å². The summed E-state index contributed by atoms with van der Waals surface area (Å²) < 4.78 is 5.69. The maximum Gasteiger partial charge on any atom is 0.257 e. The number of nitrogens with zero attached hydrogens (tertiary/aromatic N) is 2. The van der Waals surface area contributed by atoms with Crippen molar-refractivity contribution >= 4 is 39.9 Å². The quantitative estimate of drug-likeness (QED) is 0.570. The summed E-state index contributed by atoms with van der Waals surface area (Å²) in [5, 5.41) is 3.87. The van der Waals surface area contributed by atoms with Gasteiger partial charge in [0.25, 0.3) is 5.22 Å². The van der Waals surface area contributed by atoms with Crippen molar-refractivity contribution in [3.8, 4) is 0 Å². The van der Waals surface area contributed by atoms with Gasteiger partial charge in [-0.15, -0.1) is 11.3 Å². The lowest BCUT2D eigenvalue weighted by atomic mass is 9.93. The van der Waals surface area contributed by atoms with Crippen LogP contribution in [0.3, 0.4) is 0 Å². The molecule has 6 heteroatoms. The molecule has 0 radical (unpaired) electrons. The monoisotopic (exact) mass is 319 g/mol. The minimum Gasteiger partial charge on any atom is -0.431 e. The van der Waals surface area contributed by atoms with Crippen LogP contribution >= 0.6 is 23.1 Å². The highest BCUT2D eigenvalue weighted by Gasteiger charge is 2.17. The molecule has 0 amide bonds. The normalized spacial score (nSPS) is 12.1. The van der Waals surface area contributed by atoms with E-state index in [0.717, 1.165) is 27.6 Å². The molecule has 2 N–H and O–H groups in total. The number of rotatable bonds is 3. The zero-order chi connectivity index (χ0) is 15.0. The number of nitrogens with two attached hydrogens (primary N) is 1. The highest BCUT2D eigenvalue weighted by molar-refractivity contribution is 7.98. The molecule has 0 bridgehead atoms. The zero-order valence-corrected chi connectivity index (χ0v) is 13.8.